The van der Waals surface area contributed by atoms with Gasteiger partial charge in [0.25, 0.3) is 0 Å². The second kappa shape index (κ2) is 26.4. The van der Waals surface area contributed by atoms with Crippen molar-refractivity contribution in [1.82, 2.24) is 0 Å². The molecule has 6 saturated carbocycles. The van der Waals surface area contributed by atoms with Crippen LogP contribution in [0.3, 0.4) is 0 Å². The molecule has 0 unspecified atom stereocenters. The van der Waals surface area contributed by atoms with Gasteiger partial charge in [0, 0.05) is 0 Å². The third-order valence-corrected chi connectivity index (χ3v) is 20.0. The molecule has 0 nitrogen and oxygen atoms in total. The first kappa shape index (κ1) is 41.3. The molecule has 0 saturated heterocycles. The van der Waals surface area contributed by atoms with Gasteiger partial charge in [0.1, 0.15) is 0 Å². The maximum atomic E-state index is 4.81. The number of rotatable bonds is 10. The molecule has 0 aliphatic heterocycles. The average molecular weight is 818 g/mol. The van der Waals surface area contributed by atoms with Crippen molar-refractivity contribution in [3.8, 4) is 0 Å². The zero-order chi connectivity index (χ0) is 32.8. The van der Waals surface area contributed by atoms with Crippen molar-refractivity contribution in [1.29, 1.82) is 0 Å². The van der Waals surface area contributed by atoms with Crippen LogP contribution in [0.1, 0.15) is 193 Å². The average Bonchev–Trinajstić information content (AvgIpc) is 3.15. The summed E-state index contributed by atoms with van der Waals surface area (Å²) in [6, 6.07) is 0. The molecule has 0 aromatic carbocycles. The van der Waals surface area contributed by atoms with Crippen molar-refractivity contribution < 1.29 is 15.9 Å². The van der Waals surface area contributed by atoms with Crippen LogP contribution in [-0.2, 0) is 15.9 Å². The standard InChI is InChI=1S/2C21H37P.2ClH.Pd/c2*1-4-11-19(12-5-1)13-10-18-22(20-14-6-2-7-15-20)21-16-8-3-9-17-21;;;/h2*10,13,19-21H,1-9,11-12,14-18H2;2*1H;/q;;;;+2/p-2. The van der Waals surface area contributed by atoms with Gasteiger partial charge < -0.3 is 0 Å². The quantitative estimate of drug-likeness (QED) is 0.117. The number of halogens is 2. The summed E-state index contributed by atoms with van der Waals surface area (Å²) in [4.78, 5) is 0. The van der Waals surface area contributed by atoms with Crippen molar-refractivity contribution >= 4 is 34.9 Å². The van der Waals surface area contributed by atoms with Crippen LogP contribution >= 0.6 is 34.9 Å². The van der Waals surface area contributed by atoms with Crippen molar-refractivity contribution in [2.75, 3.05) is 12.3 Å². The molecule has 0 bridgehead atoms. The fourth-order valence-corrected chi connectivity index (χ4v) is 17.5. The molecule has 47 heavy (non-hydrogen) atoms. The molecule has 0 spiro atoms. The predicted molar refractivity (Wildman–Crippen MR) is 214 cm³/mol. The van der Waals surface area contributed by atoms with Crippen molar-refractivity contribution in [3.05, 3.63) is 24.3 Å². The molecule has 0 N–H and O–H groups in total. The van der Waals surface area contributed by atoms with Crippen molar-refractivity contribution in [2.24, 2.45) is 11.8 Å². The van der Waals surface area contributed by atoms with Gasteiger partial charge in [-0.2, -0.15) is 0 Å². The Hall–Kier alpha value is 1.58. The molecule has 6 aliphatic rings. The van der Waals surface area contributed by atoms with E-state index in [1.165, 1.54) is 154 Å². The first-order chi connectivity index (χ1) is 23.3. The van der Waals surface area contributed by atoms with E-state index in [1.807, 2.05) is 0 Å². The number of allylic oxidation sites excluding steroid dienone is 4. The molecule has 0 amide bonds. The van der Waals surface area contributed by atoms with Gasteiger partial charge in [0.15, 0.2) is 0 Å². The molecule has 276 valence electrons. The van der Waals surface area contributed by atoms with Gasteiger partial charge in [-0.15, -0.1) is 0 Å². The van der Waals surface area contributed by atoms with Gasteiger partial charge in [0.2, 0.25) is 0 Å². The summed E-state index contributed by atoms with van der Waals surface area (Å²) in [6.07, 6.45) is 59.2. The summed E-state index contributed by atoms with van der Waals surface area (Å²) in [7, 11) is 10.2. The third kappa shape index (κ3) is 16.4. The van der Waals surface area contributed by atoms with E-state index in [0.29, 0.717) is 0 Å². The van der Waals surface area contributed by atoms with Crippen LogP contribution in [0.5, 0.6) is 0 Å². The van der Waals surface area contributed by atoms with Gasteiger partial charge >= 0.3 is 35.0 Å². The van der Waals surface area contributed by atoms with Crippen LogP contribution in [0.15, 0.2) is 24.3 Å². The van der Waals surface area contributed by atoms with E-state index < -0.39 is 0 Å². The molecule has 0 heterocycles. The minimum absolute atomic E-state index is 0.106. The van der Waals surface area contributed by atoms with Crippen LogP contribution in [0.2, 0.25) is 0 Å². The van der Waals surface area contributed by atoms with E-state index in [0.717, 1.165) is 34.5 Å². The normalized spacial score (nSPS) is 25.7. The fraction of sp³-hybridized carbons (Fsp3) is 0.905. The SMILES string of the molecule is C(=CC1CCCCC1)CP(C1CCCCC1)C1CCCCC1.C(=CC1CCCCC1)CP(C1CCCCC1)C1CCCCC1.[Cl][Pd][Cl]. The Morgan fingerprint density at radius 2 is 0.574 bits per heavy atom. The van der Waals surface area contributed by atoms with E-state index >= 15 is 0 Å². The first-order valence-corrected chi connectivity index (χ1v) is 28.3. The van der Waals surface area contributed by atoms with Crippen LogP contribution in [0, 0.1) is 11.8 Å². The number of hydrogen-bond acceptors (Lipinski definition) is 0. The summed E-state index contributed by atoms with van der Waals surface area (Å²) in [6.45, 7) is 0. The molecular formula is C42H74Cl2P2Pd. The molecule has 0 aromatic rings. The Balaban J connectivity index is 0.000000197. The topological polar surface area (TPSA) is 0 Å². The Labute approximate surface area is 312 Å². The van der Waals surface area contributed by atoms with Gasteiger partial charge in [-0.3, -0.25) is 0 Å². The second-order valence-corrected chi connectivity index (χ2v) is 24.3. The monoisotopic (exact) mass is 816 g/mol. The molecule has 0 radical (unpaired) electrons. The Morgan fingerprint density at radius 3 is 0.809 bits per heavy atom. The van der Waals surface area contributed by atoms with E-state index in [9.17, 15) is 0 Å². The van der Waals surface area contributed by atoms with E-state index in [1.54, 1.807) is 51.4 Å². The van der Waals surface area contributed by atoms with Gasteiger partial charge in [-0.05, 0) is 124 Å². The number of hydrogen-bond donors (Lipinski definition) is 0. The zero-order valence-electron chi connectivity index (χ0n) is 30.4. The van der Waals surface area contributed by atoms with Crippen molar-refractivity contribution in [2.45, 2.75) is 215 Å². The van der Waals surface area contributed by atoms with Crippen LogP contribution < -0.4 is 0 Å². The fourth-order valence-electron chi connectivity index (χ4n) is 10.2. The molecule has 5 heteroatoms. The summed E-state index contributed by atoms with van der Waals surface area (Å²) < 4.78 is 0. The molecule has 0 atom stereocenters. The third-order valence-electron chi connectivity index (χ3n) is 12.9. The van der Waals surface area contributed by atoms with Gasteiger partial charge in [0.05, 0.1) is 0 Å². The Bertz CT molecular complexity index is 697. The van der Waals surface area contributed by atoms with Crippen LogP contribution in [0.4, 0.5) is 0 Å². The van der Waals surface area contributed by atoms with E-state index in [2.05, 4.69) is 24.3 Å². The maximum absolute atomic E-state index is 4.81. The van der Waals surface area contributed by atoms with Gasteiger partial charge in [-0.1, -0.05) is 156 Å². The summed E-state index contributed by atoms with van der Waals surface area (Å²) >= 11 is -0.106. The van der Waals surface area contributed by atoms with Crippen LogP contribution in [0.25, 0.3) is 0 Å². The van der Waals surface area contributed by atoms with E-state index in [4.69, 9.17) is 19.1 Å². The first-order valence-electron chi connectivity index (χ1n) is 21.0. The Morgan fingerprint density at radius 1 is 0.362 bits per heavy atom. The molecule has 0 aromatic heterocycles. The molecular weight excluding hydrogens is 744 g/mol. The van der Waals surface area contributed by atoms with Crippen molar-refractivity contribution in [3.63, 3.8) is 0 Å². The molecule has 6 rings (SSSR count). The van der Waals surface area contributed by atoms with E-state index in [-0.39, 0.29) is 31.8 Å². The summed E-state index contributed by atoms with van der Waals surface area (Å²) in [5, 5.41) is 0. The summed E-state index contributed by atoms with van der Waals surface area (Å²) in [5.41, 5.74) is 4.51. The minimum atomic E-state index is -0.106. The second-order valence-electron chi connectivity index (χ2n) is 16.3. The summed E-state index contributed by atoms with van der Waals surface area (Å²) in [5.74, 6) is 1.87. The Kier molecular flexibility index (Phi) is 23.2. The molecule has 6 aliphatic carbocycles. The predicted octanol–water partition coefficient (Wildman–Crippen LogP) is 15.9. The zero-order valence-corrected chi connectivity index (χ0v) is 35.2. The molecule has 6 fully saturated rings. The van der Waals surface area contributed by atoms with Crippen LogP contribution in [-0.4, -0.2) is 35.0 Å². The van der Waals surface area contributed by atoms with Gasteiger partial charge in [-0.25, -0.2) is 0 Å².